The summed E-state index contributed by atoms with van der Waals surface area (Å²) in [4.78, 5) is 12.7. The van der Waals surface area contributed by atoms with E-state index in [0.717, 1.165) is 32.1 Å². The van der Waals surface area contributed by atoms with Crippen LogP contribution >= 0.6 is 0 Å². The average Bonchev–Trinajstić information content (AvgIpc) is 3.14. The standard InChI is InChI=1S/C43H82O9/c1-3-5-7-9-11-13-15-16-17-18-19-20-21-22-23-24-26-28-30-32-39(45)51-37(35-49-33-31-29-27-25-14-12-10-8-6-4-2)36-50-43-42(48)41(47)40(46)38(34-44)52-43/h16-17,37-38,40-44,46-48H,3-15,18-36H2,1-2H3/b17-16-. The Morgan fingerprint density at radius 3 is 1.56 bits per heavy atom. The first-order valence-corrected chi connectivity index (χ1v) is 21.8. The van der Waals surface area contributed by atoms with Crippen molar-refractivity contribution < 1.29 is 44.2 Å². The zero-order valence-electron chi connectivity index (χ0n) is 33.6. The number of ether oxygens (including phenoxy) is 4. The molecular weight excluding hydrogens is 660 g/mol. The molecule has 0 amide bonds. The van der Waals surface area contributed by atoms with Crippen LogP contribution in [0.4, 0.5) is 0 Å². The van der Waals surface area contributed by atoms with E-state index in [0.29, 0.717) is 13.0 Å². The first-order valence-electron chi connectivity index (χ1n) is 21.8. The molecular formula is C43H82O9. The molecule has 4 N–H and O–H groups in total. The molecule has 0 bridgehead atoms. The molecule has 308 valence electrons. The third-order valence-electron chi connectivity index (χ3n) is 10.2. The van der Waals surface area contributed by atoms with Crippen LogP contribution in [-0.4, -0.2) is 89.6 Å². The molecule has 6 unspecified atom stereocenters. The Labute approximate surface area is 318 Å². The van der Waals surface area contributed by atoms with Crippen LogP contribution in [0.25, 0.3) is 0 Å². The molecule has 0 radical (unpaired) electrons. The van der Waals surface area contributed by atoms with Crippen molar-refractivity contribution in [1.29, 1.82) is 0 Å². The number of aliphatic hydroxyl groups excluding tert-OH is 4. The molecule has 1 saturated heterocycles. The number of carbonyl (C=O) groups is 1. The van der Waals surface area contributed by atoms with Crippen molar-refractivity contribution in [3.05, 3.63) is 12.2 Å². The highest BCUT2D eigenvalue weighted by Gasteiger charge is 2.44. The number of aliphatic hydroxyl groups is 4. The molecule has 0 spiro atoms. The SMILES string of the molecule is CCCCCCCC/C=C\CCCCCCCCCCCC(=O)OC(COCCCCCCCCCCCC)COC1OC(CO)C(O)C(O)C1O. The van der Waals surface area contributed by atoms with Crippen molar-refractivity contribution in [1.82, 2.24) is 0 Å². The molecule has 1 fully saturated rings. The van der Waals surface area contributed by atoms with Crippen LogP contribution in [0, 0.1) is 0 Å². The van der Waals surface area contributed by atoms with Crippen molar-refractivity contribution in [2.24, 2.45) is 0 Å². The third kappa shape index (κ3) is 26.7. The van der Waals surface area contributed by atoms with E-state index in [4.69, 9.17) is 18.9 Å². The van der Waals surface area contributed by atoms with Crippen LogP contribution < -0.4 is 0 Å². The van der Waals surface area contributed by atoms with Crippen LogP contribution in [0.15, 0.2) is 12.2 Å². The summed E-state index contributed by atoms with van der Waals surface area (Å²) >= 11 is 0. The lowest BCUT2D eigenvalue weighted by molar-refractivity contribution is -0.305. The summed E-state index contributed by atoms with van der Waals surface area (Å²) in [6, 6.07) is 0. The van der Waals surface area contributed by atoms with Gasteiger partial charge in [-0.15, -0.1) is 0 Å². The Kier molecular flexibility index (Phi) is 33.5. The largest absolute Gasteiger partial charge is 0.457 e. The molecule has 9 nitrogen and oxygen atoms in total. The Morgan fingerprint density at radius 1 is 0.596 bits per heavy atom. The molecule has 0 aliphatic carbocycles. The zero-order valence-corrected chi connectivity index (χ0v) is 33.6. The highest BCUT2D eigenvalue weighted by molar-refractivity contribution is 5.69. The van der Waals surface area contributed by atoms with Crippen molar-refractivity contribution >= 4 is 5.97 Å². The van der Waals surface area contributed by atoms with E-state index in [-0.39, 0.29) is 19.2 Å². The van der Waals surface area contributed by atoms with Crippen molar-refractivity contribution in [3.8, 4) is 0 Å². The summed E-state index contributed by atoms with van der Waals surface area (Å²) < 4.78 is 22.7. The van der Waals surface area contributed by atoms with Crippen LogP contribution in [0.3, 0.4) is 0 Å². The maximum absolute atomic E-state index is 12.7. The third-order valence-corrected chi connectivity index (χ3v) is 10.2. The molecule has 0 saturated carbocycles. The van der Waals surface area contributed by atoms with E-state index in [1.54, 1.807) is 0 Å². The fourth-order valence-corrected chi connectivity index (χ4v) is 6.72. The first kappa shape index (κ1) is 48.9. The predicted molar refractivity (Wildman–Crippen MR) is 210 cm³/mol. The summed E-state index contributed by atoms with van der Waals surface area (Å²) in [5.74, 6) is -0.314. The lowest BCUT2D eigenvalue weighted by atomic mass is 9.99. The monoisotopic (exact) mass is 743 g/mol. The van der Waals surface area contributed by atoms with Gasteiger partial charge in [-0.1, -0.05) is 161 Å². The van der Waals surface area contributed by atoms with Crippen LogP contribution in [-0.2, 0) is 23.7 Å². The average molecular weight is 743 g/mol. The van der Waals surface area contributed by atoms with Gasteiger partial charge in [-0.25, -0.2) is 0 Å². The number of carbonyl (C=O) groups excluding carboxylic acids is 1. The highest BCUT2D eigenvalue weighted by Crippen LogP contribution is 2.22. The van der Waals surface area contributed by atoms with Gasteiger partial charge >= 0.3 is 5.97 Å². The van der Waals surface area contributed by atoms with Crippen molar-refractivity contribution in [2.45, 2.75) is 230 Å². The van der Waals surface area contributed by atoms with Crippen molar-refractivity contribution in [2.75, 3.05) is 26.4 Å². The molecule has 1 aliphatic heterocycles. The molecule has 0 aromatic rings. The number of hydrogen-bond donors (Lipinski definition) is 4. The first-order chi connectivity index (χ1) is 25.4. The van der Waals surface area contributed by atoms with Crippen molar-refractivity contribution in [3.63, 3.8) is 0 Å². The summed E-state index contributed by atoms with van der Waals surface area (Å²) in [5, 5.41) is 40.0. The quantitative estimate of drug-likeness (QED) is 0.0279. The number of esters is 1. The minimum absolute atomic E-state index is 0.109. The smallest absolute Gasteiger partial charge is 0.306 e. The van der Waals surface area contributed by atoms with Crippen LogP contribution in [0.5, 0.6) is 0 Å². The fraction of sp³-hybridized carbons (Fsp3) is 0.930. The number of allylic oxidation sites excluding steroid dienone is 2. The van der Waals surface area contributed by atoms with Gasteiger partial charge < -0.3 is 39.4 Å². The van der Waals surface area contributed by atoms with Gasteiger partial charge in [-0.2, -0.15) is 0 Å². The Balaban J connectivity index is 2.23. The molecule has 0 aromatic carbocycles. The molecule has 1 rings (SSSR count). The van der Waals surface area contributed by atoms with Gasteiger partial charge in [0.25, 0.3) is 0 Å². The van der Waals surface area contributed by atoms with E-state index in [2.05, 4.69) is 26.0 Å². The Morgan fingerprint density at radius 2 is 1.06 bits per heavy atom. The van der Waals surface area contributed by atoms with Gasteiger partial charge in [-0.3, -0.25) is 4.79 Å². The van der Waals surface area contributed by atoms with Gasteiger partial charge in [-0.05, 0) is 38.5 Å². The Hall–Kier alpha value is -1.07. The van der Waals surface area contributed by atoms with Gasteiger partial charge in [0.05, 0.1) is 19.8 Å². The summed E-state index contributed by atoms with van der Waals surface area (Å²) in [6.45, 7) is 4.56. The summed E-state index contributed by atoms with van der Waals surface area (Å²) in [6.07, 6.45) is 30.9. The highest BCUT2D eigenvalue weighted by atomic mass is 16.7. The van der Waals surface area contributed by atoms with E-state index >= 15 is 0 Å². The number of rotatable bonds is 37. The van der Waals surface area contributed by atoms with E-state index < -0.39 is 43.4 Å². The number of unbranched alkanes of at least 4 members (excludes halogenated alkanes) is 24. The fourth-order valence-electron chi connectivity index (χ4n) is 6.72. The number of hydrogen-bond acceptors (Lipinski definition) is 9. The second-order valence-electron chi connectivity index (χ2n) is 15.1. The van der Waals surface area contributed by atoms with Gasteiger partial charge in [0.1, 0.15) is 30.5 Å². The second-order valence-corrected chi connectivity index (χ2v) is 15.1. The Bertz CT molecular complexity index is 807. The minimum Gasteiger partial charge on any atom is -0.457 e. The molecule has 1 heterocycles. The maximum atomic E-state index is 12.7. The van der Waals surface area contributed by atoms with E-state index in [1.165, 1.54) is 141 Å². The minimum atomic E-state index is -1.53. The molecule has 52 heavy (non-hydrogen) atoms. The maximum Gasteiger partial charge on any atom is 0.306 e. The van der Waals surface area contributed by atoms with Gasteiger partial charge in [0.15, 0.2) is 6.29 Å². The van der Waals surface area contributed by atoms with Gasteiger partial charge in [0, 0.05) is 13.0 Å². The predicted octanol–water partition coefficient (Wildman–Crippen LogP) is 9.25. The van der Waals surface area contributed by atoms with E-state index in [1.807, 2.05) is 0 Å². The van der Waals surface area contributed by atoms with Gasteiger partial charge in [0.2, 0.25) is 0 Å². The lowest BCUT2D eigenvalue weighted by Gasteiger charge is -2.39. The zero-order chi connectivity index (χ0) is 37.9. The van der Waals surface area contributed by atoms with Crippen LogP contribution in [0.2, 0.25) is 0 Å². The summed E-state index contributed by atoms with van der Waals surface area (Å²) in [7, 11) is 0. The van der Waals surface area contributed by atoms with E-state index in [9.17, 15) is 25.2 Å². The second kappa shape index (κ2) is 35.6. The molecule has 1 aliphatic rings. The molecule has 6 atom stereocenters. The summed E-state index contributed by atoms with van der Waals surface area (Å²) in [5.41, 5.74) is 0. The topological polar surface area (TPSA) is 135 Å². The van der Waals surface area contributed by atoms with Crippen LogP contribution in [0.1, 0.15) is 194 Å². The molecule has 9 heteroatoms. The normalized spacial score (nSPS) is 21.2. The lowest BCUT2D eigenvalue weighted by Crippen LogP contribution is -2.59. The molecule has 0 aromatic heterocycles.